The maximum absolute atomic E-state index is 12.2. The SMILES string of the molecule is O=C(C[C@H]1Sc2ccccc2NC1=O)OCC(=O)c1cc2ccccc2o1. The Bertz CT molecular complexity index is 1010. The second-order valence-electron chi connectivity index (χ2n) is 6.03. The van der Waals surface area contributed by atoms with Crippen LogP contribution in [0.2, 0.25) is 0 Å². The Morgan fingerprint density at radius 1 is 1.11 bits per heavy atom. The second-order valence-corrected chi connectivity index (χ2v) is 7.27. The summed E-state index contributed by atoms with van der Waals surface area (Å²) < 4.78 is 10.5. The summed E-state index contributed by atoms with van der Waals surface area (Å²) in [4.78, 5) is 37.3. The molecular weight excluding hydrogens is 366 g/mol. The second kappa shape index (κ2) is 7.28. The van der Waals surface area contributed by atoms with Crippen LogP contribution >= 0.6 is 11.8 Å². The van der Waals surface area contributed by atoms with E-state index in [4.69, 9.17) is 9.15 Å². The Kier molecular flexibility index (Phi) is 4.68. The lowest BCUT2D eigenvalue weighted by Gasteiger charge is -2.23. The van der Waals surface area contributed by atoms with E-state index in [-0.39, 0.29) is 18.1 Å². The van der Waals surface area contributed by atoms with Crippen molar-refractivity contribution < 1.29 is 23.5 Å². The molecule has 0 bridgehead atoms. The minimum absolute atomic E-state index is 0.113. The van der Waals surface area contributed by atoms with Crippen LogP contribution in [0.3, 0.4) is 0 Å². The van der Waals surface area contributed by atoms with E-state index in [0.717, 1.165) is 16.0 Å². The molecule has 0 saturated carbocycles. The van der Waals surface area contributed by atoms with E-state index in [1.807, 2.05) is 36.4 Å². The smallest absolute Gasteiger partial charge is 0.307 e. The molecule has 136 valence electrons. The molecule has 6 nitrogen and oxygen atoms in total. The standard InChI is InChI=1S/C20H15NO5S/c22-14(16-9-12-5-1-3-7-15(12)26-16)11-25-19(23)10-18-20(24)21-13-6-2-4-8-17(13)27-18/h1-9,18H,10-11H2,(H,21,24)/t18-/m1/s1. The molecule has 1 atom stereocenters. The molecule has 1 N–H and O–H groups in total. The summed E-state index contributed by atoms with van der Waals surface area (Å²) >= 11 is 1.31. The summed E-state index contributed by atoms with van der Waals surface area (Å²) in [6.07, 6.45) is -0.113. The predicted molar refractivity (Wildman–Crippen MR) is 101 cm³/mol. The van der Waals surface area contributed by atoms with Gasteiger partial charge in [-0.05, 0) is 24.3 Å². The van der Waals surface area contributed by atoms with E-state index in [1.165, 1.54) is 11.8 Å². The van der Waals surface area contributed by atoms with Crippen LogP contribution in [-0.4, -0.2) is 29.5 Å². The Morgan fingerprint density at radius 3 is 2.74 bits per heavy atom. The third kappa shape index (κ3) is 3.73. The number of para-hydroxylation sites is 2. The van der Waals surface area contributed by atoms with Crippen molar-refractivity contribution in [3.05, 3.63) is 60.4 Å². The van der Waals surface area contributed by atoms with E-state index < -0.39 is 23.6 Å². The number of furan rings is 1. The fourth-order valence-corrected chi connectivity index (χ4v) is 3.87. The maximum Gasteiger partial charge on any atom is 0.307 e. The summed E-state index contributed by atoms with van der Waals surface area (Å²) in [6.45, 7) is -0.422. The van der Waals surface area contributed by atoms with Crippen LogP contribution in [0.25, 0.3) is 11.0 Å². The van der Waals surface area contributed by atoms with E-state index in [9.17, 15) is 14.4 Å². The number of hydrogen-bond donors (Lipinski definition) is 1. The number of hydrogen-bond acceptors (Lipinski definition) is 6. The highest BCUT2D eigenvalue weighted by atomic mass is 32.2. The molecule has 0 aliphatic carbocycles. The number of rotatable bonds is 5. The molecule has 27 heavy (non-hydrogen) atoms. The first-order valence-corrected chi connectivity index (χ1v) is 9.22. The molecule has 0 spiro atoms. The quantitative estimate of drug-likeness (QED) is 0.536. The van der Waals surface area contributed by atoms with Crippen molar-refractivity contribution in [1.29, 1.82) is 0 Å². The number of carbonyl (C=O) groups excluding carboxylic acids is 3. The number of thioether (sulfide) groups is 1. The topological polar surface area (TPSA) is 85.6 Å². The van der Waals surface area contributed by atoms with Gasteiger partial charge in [0.1, 0.15) is 5.58 Å². The predicted octanol–water partition coefficient (Wildman–Crippen LogP) is 3.66. The van der Waals surface area contributed by atoms with Crippen LogP contribution in [0.5, 0.6) is 0 Å². The first kappa shape index (κ1) is 17.4. The average Bonchev–Trinajstić information content (AvgIpc) is 3.11. The van der Waals surface area contributed by atoms with Crippen LogP contribution in [0.15, 0.2) is 63.9 Å². The van der Waals surface area contributed by atoms with Gasteiger partial charge < -0.3 is 14.5 Å². The Morgan fingerprint density at radius 2 is 1.89 bits per heavy atom. The molecule has 1 aromatic heterocycles. The van der Waals surface area contributed by atoms with Crippen LogP contribution in [0.4, 0.5) is 5.69 Å². The summed E-state index contributed by atoms with van der Waals surface area (Å²) in [7, 11) is 0. The Labute approximate surface area is 158 Å². The summed E-state index contributed by atoms with van der Waals surface area (Å²) in [5, 5.41) is 2.99. The van der Waals surface area contributed by atoms with E-state index in [0.29, 0.717) is 5.58 Å². The van der Waals surface area contributed by atoms with Gasteiger partial charge in [-0.15, -0.1) is 11.8 Å². The minimum Gasteiger partial charge on any atom is -0.457 e. The van der Waals surface area contributed by atoms with Gasteiger partial charge in [-0.3, -0.25) is 14.4 Å². The molecule has 0 saturated heterocycles. The van der Waals surface area contributed by atoms with Gasteiger partial charge in [0.15, 0.2) is 12.4 Å². The van der Waals surface area contributed by atoms with Crippen LogP contribution in [0.1, 0.15) is 17.0 Å². The molecule has 0 radical (unpaired) electrons. The van der Waals surface area contributed by atoms with E-state index in [1.54, 1.807) is 18.2 Å². The molecular formula is C20H15NO5S. The van der Waals surface area contributed by atoms with Crippen molar-refractivity contribution in [2.45, 2.75) is 16.6 Å². The zero-order valence-electron chi connectivity index (χ0n) is 14.1. The number of amides is 1. The normalized spacial score (nSPS) is 15.9. The van der Waals surface area contributed by atoms with Crippen molar-refractivity contribution in [3.8, 4) is 0 Å². The number of Topliss-reactive ketones (excluding diaryl/α,β-unsaturated/α-hetero) is 1. The highest BCUT2D eigenvalue weighted by Crippen LogP contribution is 2.36. The van der Waals surface area contributed by atoms with Gasteiger partial charge in [0.2, 0.25) is 11.7 Å². The molecule has 1 aliphatic heterocycles. The third-order valence-corrected chi connectivity index (χ3v) is 5.40. The first-order valence-electron chi connectivity index (χ1n) is 8.34. The van der Waals surface area contributed by atoms with Gasteiger partial charge in [0, 0.05) is 10.3 Å². The number of ether oxygens (including phenoxy) is 1. The van der Waals surface area contributed by atoms with E-state index >= 15 is 0 Å². The molecule has 0 unspecified atom stereocenters. The number of nitrogens with one attached hydrogen (secondary N) is 1. The molecule has 2 aromatic carbocycles. The van der Waals surface area contributed by atoms with Crippen LogP contribution in [-0.2, 0) is 14.3 Å². The summed E-state index contributed by atoms with van der Waals surface area (Å²) in [6, 6.07) is 16.2. The molecule has 3 aromatic rings. The van der Waals surface area contributed by atoms with Crippen molar-refractivity contribution in [3.63, 3.8) is 0 Å². The zero-order valence-corrected chi connectivity index (χ0v) is 15.0. The van der Waals surface area contributed by atoms with Gasteiger partial charge in [0.05, 0.1) is 17.4 Å². The largest absolute Gasteiger partial charge is 0.457 e. The third-order valence-electron chi connectivity index (χ3n) is 4.12. The van der Waals surface area contributed by atoms with Crippen molar-refractivity contribution in [2.75, 3.05) is 11.9 Å². The highest BCUT2D eigenvalue weighted by Gasteiger charge is 2.29. The van der Waals surface area contributed by atoms with Gasteiger partial charge >= 0.3 is 5.97 Å². The van der Waals surface area contributed by atoms with Gasteiger partial charge in [-0.25, -0.2) is 0 Å². The monoisotopic (exact) mass is 381 g/mol. The Hall–Kier alpha value is -3.06. The molecule has 1 amide bonds. The van der Waals surface area contributed by atoms with Crippen molar-refractivity contribution >= 4 is 46.1 Å². The van der Waals surface area contributed by atoms with Gasteiger partial charge in [-0.1, -0.05) is 30.3 Å². The fraction of sp³-hybridized carbons (Fsp3) is 0.150. The lowest BCUT2D eigenvalue weighted by atomic mass is 10.2. The first-order chi connectivity index (χ1) is 13.1. The van der Waals surface area contributed by atoms with Crippen molar-refractivity contribution in [2.24, 2.45) is 0 Å². The lowest BCUT2D eigenvalue weighted by molar-refractivity contribution is -0.143. The molecule has 4 rings (SSSR count). The Balaban J connectivity index is 1.34. The molecule has 2 heterocycles. The number of benzene rings is 2. The average molecular weight is 381 g/mol. The minimum atomic E-state index is -0.605. The number of esters is 1. The lowest BCUT2D eigenvalue weighted by Crippen LogP contribution is -2.31. The highest BCUT2D eigenvalue weighted by molar-refractivity contribution is 8.01. The summed E-state index contributed by atoms with van der Waals surface area (Å²) in [5.74, 6) is -1.14. The number of anilines is 1. The van der Waals surface area contributed by atoms with Gasteiger partial charge in [-0.2, -0.15) is 0 Å². The van der Waals surface area contributed by atoms with Crippen LogP contribution in [0, 0.1) is 0 Å². The van der Waals surface area contributed by atoms with Gasteiger partial charge in [0.25, 0.3) is 0 Å². The zero-order chi connectivity index (χ0) is 18.8. The van der Waals surface area contributed by atoms with E-state index in [2.05, 4.69) is 5.32 Å². The number of carbonyl (C=O) groups is 3. The maximum atomic E-state index is 12.2. The molecule has 1 aliphatic rings. The molecule has 7 heteroatoms. The number of ketones is 1. The van der Waals surface area contributed by atoms with Crippen LogP contribution < -0.4 is 5.32 Å². The van der Waals surface area contributed by atoms with Crippen molar-refractivity contribution in [1.82, 2.24) is 0 Å². The summed E-state index contributed by atoms with van der Waals surface area (Å²) in [5.41, 5.74) is 1.33. The molecule has 0 fully saturated rings. The fourth-order valence-electron chi connectivity index (χ4n) is 2.77. The number of fused-ring (bicyclic) bond motifs is 2.